The first kappa shape index (κ1) is 17.3. The molecule has 0 bridgehead atoms. The maximum absolute atomic E-state index is 4.80. The summed E-state index contributed by atoms with van der Waals surface area (Å²) >= 11 is 0. The van der Waals surface area contributed by atoms with Gasteiger partial charge in [-0.25, -0.2) is 0 Å². The molecule has 1 saturated heterocycles. The van der Waals surface area contributed by atoms with E-state index in [4.69, 9.17) is 4.99 Å². The summed E-state index contributed by atoms with van der Waals surface area (Å²) in [4.78, 5) is 9.50. The Morgan fingerprint density at radius 3 is 2.60 bits per heavy atom. The third kappa shape index (κ3) is 6.60. The van der Waals surface area contributed by atoms with Crippen LogP contribution in [0.3, 0.4) is 0 Å². The average Bonchev–Trinajstić information content (AvgIpc) is 2.46. The molecule has 0 aliphatic carbocycles. The van der Waals surface area contributed by atoms with Crippen LogP contribution in [-0.4, -0.2) is 62.6 Å². The fraction of sp³-hybridized carbons (Fsp3) is 0.938. The largest absolute Gasteiger partial charge is 0.357 e. The molecule has 4 heteroatoms. The summed E-state index contributed by atoms with van der Waals surface area (Å²) in [5.41, 5.74) is 0. The molecule has 1 N–H and O–H groups in total. The molecular formula is C16H34N4. The molecule has 0 saturated carbocycles. The van der Waals surface area contributed by atoms with E-state index in [0.717, 1.165) is 31.5 Å². The van der Waals surface area contributed by atoms with Crippen molar-refractivity contribution in [2.24, 2.45) is 10.9 Å². The molecule has 0 amide bonds. The van der Waals surface area contributed by atoms with Gasteiger partial charge in [0, 0.05) is 26.7 Å². The van der Waals surface area contributed by atoms with Crippen molar-refractivity contribution in [2.75, 3.05) is 46.8 Å². The fourth-order valence-electron chi connectivity index (χ4n) is 2.67. The minimum Gasteiger partial charge on any atom is -0.357 e. The van der Waals surface area contributed by atoms with Gasteiger partial charge < -0.3 is 15.1 Å². The second-order valence-corrected chi connectivity index (χ2v) is 6.05. The summed E-state index contributed by atoms with van der Waals surface area (Å²) in [6.45, 7) is 9.89. The van der Waals surface area contributed by atoms with Crippen molar-refractivity contribution >= 4 is 5.96 Å². The van der Waals surface area contributed by atoms with Gasteiger partial charge in [-0.3, -0.25) is 4.99 Å². The van der Waals surface area contributed by atoms with Gasteiger partial charge in [0.2, 0.25) is 0 Å². The van der Waals surface area contributed by atoms with E-state index in [1.807, 2.05) is 0 Å². The van der Waals surface area contributed by atoms with E-state index in [1.165, 1.54) is 45.2 Å². The number of likely N-dealkylation sites (tertiary alicyclic amines) is 1. The molecule has 118 valence electrons. The first-order valence-corrected chi connectivity index (χ1v) is 8.35. The molecule has 1 aliphatic rings. The Morgan fingerprint density at radius 2 is 2.00 bits per heavy atom. The molecule has 1 rings (SSSR count). The van der Waals surface area contributed by atoms with Crippen molar-refractivity contribution in [3.05, 3.63) is 0 Å². The highest BCUT2D eigenvalue weighted by Gasteiger charge is 2.16. The lowest BCUT2D eigenvalue weighted by atomic mass is 9.94. The highest BCUT2D eigenvalue weighted by molar-refractivity contribution is 5.79. The molecule has 0 radical (unpaired) electrons. The van der Waals surface area contributed by atoms with Gasteiger partial charge in [0.15, 0.2) is 5.96 Å². The van der Waals surface area contributed by atoms with Crippen LogP contribution < -0.4 is 5.32 Å². The predicted octanol–water partition coefficient (Wildman–Crippen LogP) is 2.42. The third-order valence-electron chi connectivity index (χ3n) is 4.18. The lowest BCUT2D eigenvalue weighted by Crippen LogP contribution is -2.39. The number of aliphatic imine (C=N–C) groups is 1. The Morgan fingerprint density at radius 1 is 1.30 bits per heavy atom. The topological polar surface area (TPSA) is 30.9 Å². The number of hydrogen-bond donors (Lipinski definition) is 1. The van der Waals surface area contributed by atoms with Gasteiger partial charge in [0.05, 0.1) is 0 Å². The zero-order chi connectivity index (χ0) is 14.8. The van der Waals surface area contributed by atoms with Crippen molar-refractivity contribution < 1.29 is 0 Å². The van der Waals surface area contributed by atoms with E-state index in [9.17, 15) is 0 Å². The molecule has 20 heavy (non-hydrogen) atoms. The predicted molar refractivity (Wildman–Crippen MR) is 88.4 cm³/mol. The Kier molecular flexibility index (Phi) is 8.67. The Hall–Kier alpha value is -0.770. The fourth-order valence-corrected chi connectivity index (χ4v) is 2.67. The van der Waals surface area contributed by atoms with Gasteiger partial charge in [-0.2, -0.15) is 0 Å². The van der Waals surface area contributed by atoms with Crippen LogP contribution in [0.15, 0.2) is 4.99 Å². The molecule has 1 heterocycles. The maximum atomic E-state index is 4.80. The van der Waals surface area contributed by atoms with E-state index in [-0.39, 0.29) is 0 Å². The Balaban J connectivity index is 2.34. The van der Waals surface area contributed by atoms with Crippen LogP contribution >= 0.6 is 0 Å². The van der Waals surface area contributed by atoms with Crippen LogP contribution in [0.2, 0.25) is 0 Å². The Labute approximate surface area is 125 Å². The molecule has 0 aromatic heterocycles. The van der Waals surface area contributed by atoms with Gasteiger partial charge in [-0.05, 0) is 58.7 Å². The second-order valence-electron chi connectivity index (χ2n) is 6.05. The smallest absolute Gasteiger partial charge is 0.193 e. The number of nitrogens with zero attached hydrogens (tertiary/aromatic N) is 3. The quantitative estimate of drug-likeness (QED) is 0.575. The standard InChI is InChI=1S/C16H34N4/c1-5-7-12-20(4)16(17-6-2)18-11-8-15-9-13-19(3)14-10-15/h15H,5-14H2,1-4H3,(H,17,18). The SMILES string of the molecule is CCCCN(C)C(=NCCC1CCN(C)CC1)NCC. The van der Waals surface area contributed by atoms with Crippen LogP contribution in [0.4, 0.5) is 0 Å². The van der Waals surface area contributed by atoms with Gasteiger partial charge in [0.25, 0.3) is 0 Å². The second kappa shape index (κ2) is 10.0. The number of nitrogens with one attached hydrogen (secondary N) is 1. The number of rotatable bonds is 7. The van der Waals surface area contributed by atoms with Gasteiger partial charge in [-0.15, -0.1) is 0 Å². The van der Waals surface area contributed by atoms with E-state index >= 15 is 0 Å². The molecule has 0 unspecified atom stereocenters. The van der Waals surface area contributed by atoms with E-state index in [2.05, 4.69) is 43.1 Å². The minimum atomic E-state index is 0.874. The molecule has 1 fully saturated rings. The van der Waals surface area contributed by atoms with Crippen LogP contribution in [-0.2, 0) is 0 Å². The highest BCUT2D eigenvalue weighted by atomic mass is 15.3. The molecule has 0 atom stereocenters. The zero-order valence-corrected chi connectivity index (χ0v) is 14.0. The normalized spacial score (nSPS) is 18.3. The summed E-state index contributed by atoms with van der Waals surface area (Å²) in [5.74, 6) is 1.95. The monoisotopic (exact) mass is 282 g/mol. The van der Waals surface area contributed by atoms with Crippen LogP contribution in [0.5, 0.6) is 0 Å². The van der Waals surface area contributed by atoms with Crippen molar-refractivity contribution in [2.45, 2.75) is 46.0 Å². The van der Waals surface area contributed by atoms with Crippen molar-refractivity contribution in [1.82, 2.24) is 15.1 Å². The number of piperidine rings is 1. The van der Waals surface area contributed by atoms with E-state index in [1.54, 1.807) is 0 Å². The number of hydrogen-bond acceptors (Lipinski definition) is 2. The van der Waals surface area contributed by atoms with E-state index < -0.39 is 0 Å². The van der Waals surface area contributed by atoms with Crippen molar-refractivity contribution in [1.29, 1.82) is 0 Å². The summed E-state index contributed by atoms with van der Waals surface area (Å²) < 4.78 is 0. The average molecular weight is 282 g/mol. The minimum absolute atomic E-state index is 0.874. The van der Waals surface area contributed by atoms with Crippen molar-refractivity contribution in [3.8, 4) is 0 Å². The zero-order valence-electron chi connectivity index (χ0n) is 14.0. The molecule has 0 spiro atoms. The van der Waals surface area contributed by atoms with Crippen LogP contribution in [0.25, 0.3) is 0 Å². The highest BCUT2D eigenvalue weighted by Crippen LogP contribution is 2.19. The maximum Gasteiger partial charge on any atom is 0.193 e. The molecule has 0 aromatic carbocycles. The summed E-state index contributed by atoms with van der Waals surface area (Å²) in [7, 11) is 4.37. The first-order chi connectivity index (χ1) is 9.67. The van der Waals surface area contributed by atoms with Crippen LogP contribution in [0, 0.1) is 5.92 Å². The third-order valence-corrected chi connectivity index (χ3v) is 4.18. The summed E-state index contributed by atoms with van der Waals surface area (Å²) in [6, 6.07) is 0. The summed E-state index contributed by atoms with van der Waals surface area (Å²) in [5, 5.41) is 3.40. The Bertz CT molecular complexity index is 270. The molecule has 0 aromatic rings. The first-order valence-electron chi connectivity index (χ1n) is 8.35. The van der Waals surface area contributed by atoms with Gasteiger partial charge in [-0.1, -0.05) is 13.3 Å². The molecular weight excluding hydrogens is 248 g/mol. The van der Waals surface area contributed by atoms with E-state index in [0.29, 0.717) is 0 Å². The molecule has 1 aliphatic heterocycles. The van der Waals surface area contributed by atoms with Crippen molar-refractivity contribution in [3.63, 3.8) is 0 Å². The summed E-state index contributed by atoms with van der Waals surface area (Å²) in [6.07, 6.45) is 6.39. The van der Waals surface area contributed by atoms with Gasteiger partial charge in [0.1, 0.15) is 0 Å². The number of guanidine groups is 1. The van der Waals surface area contributed by atoms with Crippen LogP contribution in [0.1, 0.15) is 46.0 Å². The number of unbranched alkanes of at least 4 members (excludes halogenated alkanes) is 1. The molecule has 4 nitrogen and oxygen atoms in total. The van der Waals surface area contributed by atoms with Gasteiger partial charge >= 0.3 is 0 Å². The lowest BCUT2D eigenvalue weighted by molar-refractivity contribution is 0.214. The lowest BCUT2D eigenvalue weighted by Gasteiger charge is -2.28.